The van der Waals surface area contributed by atoms with Gasteiger partial charge in [0.2, 0.25) is 0 Å². The molecule has 0 saturated carbocycles. The van der Waals surface area contributed by atoms with Gasteiger partial charge in [-0.15, -0.1) is 0 Å². The van der Waals surface area contributed by atoms with Crippen molar-refractivity contribution in [2.75, 3.05) is 25.0 Å². The van der Waals surface area contributed by atoms with Crippen molar-refractivity contribution in [3.05, 3.63) is 51.1 Å². The second-order valence-corrected chi connectivity index (χ2v) is 7.98. The number of rotatable bonds is 5. The van der Waals surface area contributed by atoms with Crippen LogP contribution in [0.25, 0.3) is 0 Å². The number of hydrogen-bond donors (Lipinski definition) is 2. The molecule has 9 heteroatoms. The maximum absolute atomic E-state index is 14.1. The molecular weight excluding hydrogens is 495 g/mol. The molecule has 1 aliphatic heterocycles. The van der Waals surface area contributed by atoms with Crippen LogP contribution in [0.3, 0.4) is 0 Å². The van der Waals surface area contributed by atoms with Gasteiger partial charge >= 0.3 is 6.09 Å². The van der Waals surface area contributed by atoms with Crippen molar-refractivity contribution in [3.63, 3.8) is 0 Å². The Morgan fingerprint density at radius 2 is 2.14 bits per heavy atom. The molecule has 1 unspecified atom stereocenters. The lowest BCUT2D eigenvalue weighted by Crippen LogP contribution is -2.40. The van der Waals surface area contributed by atoms with Crippen molar-refractivity contribution < 1.29 is 23.4 Å². The van der Waals surface area contributed by atoms with E-state index in [1.54, 1.807) is 6.07 Å². The maximum Gasteiger partial charge on any atom is 0.407 e. The highest BCUT2D eigenvalue weighted by Gasteiger charge is 2.24. The van der Waals surface area contributed by atoms with Crippen molar-refractivity contribution in [3.8, 4) is 11.8 Å². The van der Waals surface area contributed by atoms with E-state index in [-0.39, 0.29) is 35.2 Å². The van der Waals surface area contributed by atoms with E-state index in [1.165, 1.54) is 17.0 Å². The molecule has 0 aliphatic carbocycles. The minimum atomic E-state index is -0.982. The van der Waals surface area contributed by atoms with E-state index < -0.39 is 17.7 Å². The molecule has 0 spiro atoms. The van der Waals surface area contributed by atoms with E-state index in [2.05, 4.69) is 5.32 Å². The fraction of sp³-hybridized carbons (Fsp3) is 0.300. The maximum atomic E-state index is 14.1. The number of carboxylic acid groups (broad SMARTS) is 1. The Kier molecular flexibility index (Phi) is 6.74. The van der Waals surface area contributed by atoms with Gasteiger partial charge in [0.25, 0.3) is 0 Å². The molecule has 0 bridgehead atoms. The van der Waals surface area contributed by atoms with Crippen molar-refractivity contribution >= 4 is 40.1 Å². The van der Waals surface area contributed by atoms with Crippen molar-refractivity contribution in [2.45, 2.75) is 12.8 Å². The average Bonchev–Trinajstić information content (AvgIpc) is 2.68. The Hall–Kier alpha value is -2.61. The van der Waals surface area contributed by atoms with Gasteiger partial charge in [-0.1, -0.05) is 0 Å². The molecule has 3 rings (SSSR count). The first kappa shape index (κ1) is 21.1. The number of ether oxygens (including phenoxy) is 1. The molecule has 152 valence electrons. The molecule has 0 radical (unpaired) electrons. The summed E-state index contributed by atoms with van der Waals surface area (Å²) in [6, 6.07) is 8.70. The van der Waals surface area contributed by atoms with Crippen LogP contribution in [0.1, 0.15) is 18.4 Å². The highest BCUT2D eigenvalue weighted by molar-refractivity contribution is 14.1. The van der Waals surface area contributed by atoms with Crippen LogP contribution in [0, 0.1) is 32.5 Å². The minimum Gasteiger partial charge on any atom is -0.492 e. The zero-order valence-electron chi connectivity index (χ0n) is 15.3. The van der Waals surface area contributed by atoms with E-state index in [0.29, 0.717) is 23.1 Å². The van der Waals surface area contributed by atoms with Crippen LogP contribution in [0.4, 0.5) is 25.0 Å². The SMILES string of the molecule is N#Cc1c(Nc2ccc(I)cc2F)cc(F)cc1OCC1CCCN(C(=O)O)C1. The summed E-state index contributed by atoms with van der Waals surface area (Å²) in [5.41, 5.74) is 0.261. The van der Waals surface area contributed by atoms with E-state index in [1.807, 2.05) is 28.7 Å². The number of halogens is 3. The van der Waals surface area contributed by atoms with Gasteiger partial charge in [0.05, 0.1) is 18.0 Å². The number of anilines is 2. The van der Waals surface area contributed by atoms with Crippen LogP contribution in [0.5, 0.6) is 5.75 Å². The standard InChI is InChI=1S/C20H18F2IN3O3/c21-13-6-18(25-17-4-3-14(23)8-16(17)22)15(9-24)19(7-13)29-11-12-2-1-5-26(10-12)20(27)28/h3-4,6-8,12,25H,1-2,5,10-11H2,(H,27,28). The number of hydrogen-bond acceptors (Lipinski definition) is 4. The number of carbonyl (C=O) groups is 1. The molecule has 29 heavy (non-hydrogen) atoms. The van der Waals surface area contributed by atoms with E-state index in [4.69, 9.17) is 9.84 Å². The van der Waals surface area contributed by atoms with Crippen LogP contribution >= 0.6 is 22.6 Å². The van der Waals surface area contributed by atoms with E-state index in [0.717, 1.165) is 18.6 Å². The summed E-state index contributed by atoms with van der Waals surface area (Å²) in [6.07, 6.45) is 0.511. The summed E-state index contributed by atoms with van der Waals surface area (Å²) in [6.45, 7) is 0.954. The van der Waals surface area contributed by atoms with E-state index >= 15 is 0 Å². The Balaban J connectivity index is 1.79. The van der Waals surface area contributed by atoms with Gasteiger partial charge in [-0.05, 0) is 59.7 Å². The predicted molar refractivity (Wildman–Crippen MR) is 111 cm³/mol. The van der Waals surface area contributed by atoms with Gasteiger partial charge in [0, 0.05) is 28.6 Å². The summed E-state index contributed by atoms with van der Waals surface area (Å²) in [4.78, 5) is 12.5. The first-order valence-electron chi connectivity index (χ1n) is 8.93. The topological polar surface area (TPSA) is 85.6 Å². The summed E-state index contributed by atoms with van der Waals surface area (Å²) in [7, 11) is 0. The fourth-order valence-electron chi connectivity index (χ4n) is 3.23. The Bertz CT molecular complexity index is 965. The normalized spacial score (nSPS) is 16.2. The van der Waals surface area contributed by atoms with Gasteiger partial charge in [0.15, 0.2) is 0 Å². The first-order valence-corrected chi connectivity index (χ1v) is 10.0. The predicted octanol–water partition coefficient (Wildman–Crippen LogP) is 4.95. The summed E-state index contributed by atoms with van der Waals surface area (Å²) < 4.78 is 34.7. The van der Waals surface area contributed by atoms with Crippen LogP contribution < -0.4 is 10.1 Å². The quantitative estimate of drug-likeness (QED) is 0.553. The van der Waals surface area contributed by atoms with Gasteiger partial charge in [-0.3, -0.25) is 0 Å². The monoisotopic (exact) mass is 513 g/mol. The average molecular weight is 513 g/mol. The van der Waals surface area contributed by atoms with Gasteiger partial charge in [-0.25, -0.2) is 13.6 Å². The molecule has 1 heterocycles. The van der Waals surface area contributed by atoms with Crippen molar-refractivity contribution in [2.24, 2.45) is 5.92 Å². The number of amides is 1. The number of nitrogens with zero attached hydrogens (tertiary/aromatic N) is 2. The van der Waals surface area contributed by atoms with Crippen LogP contribution in [-0.2, 0) is 0 Å². The molecule has 1 amide bonds. The molecule has 2 aromatic rings. The molecule has 1 aliphatic rings. The highest BCUT2D eigenvalue weighted by atomic mass is 127. The largest absolute Gasteiger partial charge is 0.492 e. The Morgan fingerprint density at radius 1 is 1.34 bits per heavy atom. The minimum absolute atomic E-state index is 0.0355. The third-order valence-electron chi connectivity index (χ3n) is 4.64. The molecule has 2 N–H and O–H groups in total. The Morgan fingerprint density at radius 3 is 2.83 bits per heavy atom. The number of benzene rings is 2. The van der Waals surface area contributed by atoms with Gasteiger partial charge in [0.1, 0.15) is 29.0 Å². The van der Waals surface area contributed by atoms with Gasteiger partial charge < -0.3 is 20.1 Å². The third kappa shape index (κ3) is 5.26. The summed E-state index contributed by atoms with van der Waals surface area (Å²) in [5, 5.41) is 21.4. The van der Waals surface area contributed by atoms with Crippen LogP contribution in [0.15, 0.2) is 30.3 Å². The fourth-order valence-corrected chi connectivity index (χ4v) is 3.68. The number of nitrogens with one attached hydrogen (secondary N) is 1. The number of likely N-dealkylation sites (tertiary alicyclic amines) is 1. The Labute approximate surface area is 180 Å². The zero-order chi connectivity index (χ0) is 21.0. The molecule has 1 atom stereocenters. The van der Waals surface area contributed by atoms with Crippen molar-refractivity contribution in [1.82, 2.24) is 4.90 Å². The summed E-state index contributed by atoms with van der Waals surface area (Å²) in [5.74, 6) is -1.18. The third-order valence-corrected chi connectivity index (χ3v) is 5.31. The molecule has 6 nitrogen and oxygen atoms in total. The molecule has 1 saturated heterocycles. The zero-order valence-corrected chi connectivity index (χ0v) is 17.4. The van der Waals surface area contributed by atoms with E-state index in [9.17, 15) is 18.8 Å². The lowest BCUT2D eigenvalue weighted by molar-refractivity contribution is 0.104. The smallest absolute Gasteiger partial charge is 0.407 e. The molecular formula is C20H18F2IN3O3. The highest BCUT2D eigenvalue weighted by Crippen LogP contribution is 2.32. The molecule has 0 aromatic heterocycles. The first-order chi connectivity index (χ1) is 13.9. The lowest BCUT2D eigenvalue weighted by Gasteiger charge is -2.30. The van der Waals surface area contributed by atoms with Crippen LogP contribution in [0.2, 0.25) is 0 Å². The number of nitriles is 1. The lowest BCUT2D eigenvalue weighted by atomic mass is 9.99. The molecule has 2 aromatic carbocycles. The summed E-state index contributed by atoms with van der Waals surface area (Å²) >= 11 is 1.97. The van der Waals surface area contributed by atoms with Crippen LogP contribution in [-0.4, -0.2) is 35.8 Å². The molecule has 1 fully saturated rings. The van der Waals surface area contributed by atoms with Gasteiger partial charge in [-0.2, -0.15) is 5.26 Å². The number of piperidine rings is 1. The second kappa shape index (κ2) is 9.26. The second-order valence-electron chi connectivity index (χ2n) is 6.74. The van der Waals surface area contributed by atoms with Crippen molar-refractivity contribution in [1.29, 1.82) is 5.26 Å².